The molecule has 1 aromatic carbocycles. The molecule has 27 heavy (non-hydrogen) atoms. The second kappa shape index (κ2) is 7.48. The summed E-state index contributed by atoms with van der Waals surface area (Å²) in [5, 5.41) is 3.05. The molecule has 5 nitrogen and oxygen atoms in total. The number of nitrogens with zero attached hydrogens (tertiary/aromatic N) is 3. The third kappa shape index (κ3) is 3.85. The number of likely N-dealkylation sites (N-methyl/N-ethyl adjacent to an activating group) is 1. The molecule has 1 fully saturated rings. The highest BCUT2D eigenvalue weighted by molar-refractivity contribution is 5.94. The van der Waals surface area contributed by atoms with Crippen molar-refractivity contribution in [1.29, 1.82) is 0 Å². The number of aromatic nitrogens is 2. The van der Waals surface area contributed by atoms with E-state index in [2.05, 4.69) is 22.2 Å². The zero-order chi connectivity index (χ0) is 18.8. The van der Waals surface area contributed by atoms with Crippen LogP contribution in [0.5, 0.6) is 0 Å². The normalized spacial score (nSPS) is 17.9. The second-order valence-electron chi connectivity index (χ2n) is 7.16. The van der Waals surface area contributed by atoms with Crippen molar-refractivity contribution in [2.45, 2.75) is 25.3 Å². The number of imidazole rings is 1. The van der Waals surface area contributed by atoms with Gasteiger partial charge in [-0.1, -0.05) is 6.42 Å². The fraction of sp³-hybridized carbons (Fsp3) is 0.333. The van der Waals surface area contributed by atoms with Gasteiger partial charge in [-0.25, -0.2) is 9.37 Å². The van der Waals surface area contributed by atoms with Crippen LogP contribution in [0.1, 0.15) is 29.6 Å². The third-order valence-electron chi connectivity index (χ3n) is 5.27. The molecule has 1 aliphatic rings. The van der Waals surface area contributed by atoms with E-state index in [9.17, 15) is 9.18 Å². The molecular formula is C21H23FN4O. The number of hydrogen-bond donors (Lipinski definition) is 1. The minimum atomic E-state index is -0.273. The van der Waals surface area contributed by atoms with E-state index in [4.69, 9.17) is 0 Å². The Hall–Kier alpha value is -2.73. The Morgan fingerprint density at radius 2 is 2.00 bits per heavy atom. The van der Waals surface area contributed by atoms with Gasteiger partial charge in [-0.3, -0.25) is 4.79 Å². The van der Waals surface area contributed by atoms with Crippen LogP contribution in [-0.2, 0) is 0 Å². The summed E-state index contributed by atoms with van der Waals surface area (Å²) in [5.74, 6) is -0.349. The van der Waals surface area contributed by atoms with Crippen molar-refractivity contribution < 1.29 is 9.18 Å². The predicted molar refractivity (Wildman–Crippen MR) is 103 cm³/mol. The van der Waals surface area contributed by atoms with E-state index in [1.807, 2.05) is 16.7 Å². The van der Waals surface area contributed by atoms with Crippen molar-refractivity contribution in [3.63, 3.8) is 0 Å². The Kier molecular flexibility index (Phi) is 4.90. The topological polar surface area (TPSA) is 49.6 Å². The number of hydrogen-bond acceptors (Lipinski definition) is 3. The molecule has 0 saturated carbocycles. The summed E-state index contributed by atoms with van der Waals surface area (Å²) >= 11 is 0. The van der Waals surface area contributed by atoms with Crippen molar-refractivity contribution >= 4 is 11.6 Å². The molecule has 2 aromatic heterocycles. The summed E-state index contributed by atoms with van der Waals surface area (Å²) in [6, 6.07) is 10.3. The number of likely N-dealkylation sites (tertiary alicyclic amines) is 1. The maximum absolute atomic E-state index is 13.1. The highest BCUT2D eigenvalue weighted by Crippen LogP contribution is 2.20. The van der Waals surface area contributed by atoms with E-state index in [0.717, 1.165) is 29.9 Å². The van der Waals surface area contributed by atoms with Gasteiger partial charge in [0.25, 0.3) is 5.91 Å². The van der Waals surface area contributed by atoms with Crippen molar-refractivity contribution in [2.24, 2.45) is 0 Å². The van der Waals surface area contributed by atoms with Gasteiger partial charge in [0.1, 0.15) is 11.5 Å². The zero-order valence-corrected chi connectivity index (χ0v) is 15.4. The molecule has 140 valence electrons. The molecule has 0 radical (unpaired) electrons. The number of rotatable bonds is 4. The van der Waals surface area contributed by atoms with Crippen LogP contribution in [0.4, 0.5) is 4.39 Å². The first-order chi connectivity index (χ1) is 13.1. The van der Waals surface area contributed by atoms with Gasteiger partial charge in [0.2, 0.25) is 0 Å². The molecule has 1 amide bonds. The molecule has 6 heteroatoms. The summed E-state index contributed by atoms with van der Waals surface area (Å²) in [6.07, 6.45) is 7.22. The van der Waals surface area contributed by atoms with Crippen LogP contribution in [0, 0.1) is 5.82 Å². The molecule has 0 spiro atoms. The summed E-state index contributed by atoms with van der Waals surface area (Å²) in [7, 11) is 2.12. The maximum Gasteiger partial charge on any atom is 0.252 e. The van der Waals surface area contributed by atoms with Crippen molar-refractivity contribution in [1.82, 2.24) is 19.6 Å². The average molecular weight is 366 g/mol. The number of nitrogens with one attached hydrogen (secondary N) is 1. The first kappa shape index (κ1) is 17.7. The highest BCUT2D eigenvalue weighted by Gasteiger charge is 2.19. The standard InChI is InChI=1S/C21H23FN4O/c1-25-11-3-2-4-18(25)12-23-21(27)16-7-10-20-24-19(14-26(20)13-16)15-5-8-17(22)9-6-15/h5-10,13-14,18H,2-4,11-12H2,1H3,(H,23,27)/t18-/m0/s1. The van der Waals surface area contributed by atoms with Crippen LogP contribution in [-0.4, -0.2) is 46.4 Å². The first-order valence-corrected chi connectivity index (χ1v) is 9.33. The van der Waals surface area contributed by atoms with Crippen LogP contribution in [0.25, 0.3) is 16.9 Å². The van der Waals surface area contributed by atoms with Crippen molar-refractivity contribution in [3.8, 4) is 11.3 Å². The molecule has 3 heterocycles. The largest absolute Gasteiger partial charge is 0.350 e. The molecule has 1 N–H and O–H groups in total. The van der Waals surface area contributed by atoms with Crippen LogP contribution >= 0.6 is 0 Å². The fourth-order valence-electron chi connectivity index (χ4n) is 3.60. The first-order valence-electron chi connectivity index (χ1n) is 9.33. The average Bonchev–Trinajstić information content (AvgIpc) is 3.11. The van der Waals surface area contributed by atoms with Gasteiger partial charge in [0.05, 0.1) is 11.3 Å². The van der Waals surface area contributed by atoms with Gasteiger partial charge in [-0.2, -0.15) is 0 Å². The molecule has 4 rings (SSSR count). The molecule has 0 aliphatic carbocycles. The number of halogens is 1. The van der Waals surface area contributed by atoms with Crippen LogP contribution < -0.4 is 5.32 Å². The molecule has 0 bridgehead atoms. The quantitative estimate of drug-likeness (QED) is 0.770. The number of carbonyl (C=O) groups is 1. The Labute approximate surface area is 157 Å². The SMILES string of the molecule is CN1CCCC[C@H]1CNC(=O)c1ccc2nc(-c3ccc(F)cc3)cn2c1. The van der Waals surface area contributed by atoms with Gasteiger partial charge in [0, 0.05) is 30.5 Å². The second-order valence-corrected chi connectivity index (χ2v) is 7.16. The minimum Gasteiger partial charge on any atom is -0.350 e. The number of amides is 1. The lowest BCUT2D eigenvalue weighted by atomic mass is 10.0. The van der Waals surface area contributed by atoms with E-state index in [0.29, 0.717) is 18.2 Å². The van der Waals surface area contributed by atoms with Gasteiger partial charge in [0.15, 0.2) is 0 Å². The van der Waals surface area contributed by atoms with Gasteiger partial charge in [-0.15, -0.1) is 0 Å². The molecule has 0 unspecified atom stereocenters. The van der Waals surface area contributed by atoms with Gasteiger partial charge < -0.3 is 14.6 Å². The lowest BCUT2D eigenvalue weighted by molar-refractivity contribution is 0.0928. The maximum atomic E-state index is 13.1. The monoisotopic (exact) mass is 366 g/mol. The highest BCUT2D eigenvalue weighted by atomic mass is 19.1. The number of piperidine rings is 1. The van der Waals surface area contributed by atoms with Crippen LogP contribution in [0.3, 0.4) is 0 Å². The smallest absolute Gasteiger partial charge is 0.252 e. The Morgan fingerprint density at radius 3 is 2.78 bits per heavy atom. The van der Waals surface area contributed by atoms with E-state index in [1.54, 1.807) is 24.4 Å². The number of pyridine rings is 1. The lowest BCUT2D eigenvalue weighted by Crippen LogP contribution is -2.44. The number of carbonyl (C=O) groups excluding carboxylic acids is 1. The van der Waals surface area contributed by atoms with Crippen molar-refractivity contribution in [3.05, 3.63) is 60.2 Å². The molecule has 3 aromatic rings. The number of fused-ring (bicyclic) bond motifs is 1. The Balaban J connectivity index is 1.49. The van der Waals surface area contributed by atoms with E-state index < -0.39 is 0 Å². The van der Waals surface area contributed by atoms with Crippen LogP contribution in [0.15, 0.2) is 48.8 Å². The molecular weight excluding hydrogens is 343 g/mol. The summed E-state index contributed by atoms with van der Waals surface area (Å²) < 4.78 is 14.9. The van der Waals surface area contributed by atoms with Crippen molar-refractivity contribution in [2.75, 3.05) is 20.1 Å². The third-order valence-corrected chi connectivity index (χ3v) is 5.27. The summed E-state index contributed by atoms with van der Waals surface area (Å²) in [6.45, 7) is 1.76. The van der Waals surface area contributed by atoms with Gasteiger partial charge in [-0.05, 0) is 62.8 Å². The minimum absolute atomic E-state index is 0.0760. The lowest BCUT2D eigenvalue weighted by Gasteiger charge is -2.32. The molecule has 1 saturated heterocycles. The number of benzene rings is 1. The summed E-state index contributed by atoms with van der Waals surface area (Å²) in [5.41, 5.74) is 2.93. The van der Waals surface area contributed by atoms with E-state index in [-0.39, 0.29) is 11.7 Å². The Bertz CT molecular complexity index is 950. The van der Waals surface area contributed by atoms with Crippen LogP contribution in [0.2, 0.25) is 0 Å². The summed E-state index contributed by atoms with van der Waals surface area (Å²) in [4.78, 5) is 19.4. The molecule has 1 atom stereocenters. The van der Waals surface area contributed by atoms with E-state index in [1.165, 1.54) is 25.0 Å². The Morgan fingerprint density at radius 1 is 1.19 bits per heavy atom. The molecule has 1 aliphatic heterocycles. The van der Waals surface area contributed by atoms with E-state index >= 15 is 0 Å². The predicted octanol–water partition coefficient (Wildman–Crippen LogP) is 3.35. The van der Waals surface area contributed by atoms with Gasteiger partial charge >= 0.3 is 0 Å². The zero-order valence-electron chi connectivity index (χ0n) is 15.4. The fourth-order valence-corrected chi connectivity index (χ4v) is 3.60.